The molecule has 0 bridgehead atoms. The SMILES string of the molecule is CP(=O)(O)OP(=O)(O)OCc1ccc(Cl)nc1. The molecule has 7 nitrogen and oxygen atoms in total. The average Bonchev–Trinajstić information content (AvgIpc) is 2.13. The first-order valence-corrected chi connectivity index (χ1v) is 8.17. The van der Waals surface area contributed by atoms with E-state index in [2.05, 4.69) is 13.8 Å². The Morgan fingerprint density at radius 1 is 1.41 bits per heavy atom. The van der Waals surface area contributed by atoms with E-state index in [1.165, 1.54) is 18.3 Å². The first-order valence-electron chi connectivity index (χ1n) is 4.27. The van der Waals surface area contributed by atoms with Crippen molar-refractivity contribution in [3.05, 3.63) is 29.0 Å². The van der Waals surface area contributed by atoms with Gasteiger partial charge in [0, 0.05) is 12.9 Å². The third-order valence-corrected chi connectivity index (χ3v) is 4.15. The molecule has 2 unspecified atom stereocenters. The molecule has 0 saturated heterocycles. The lowest BCUT2D eigenvalue weighted by molar-refractivity contribution is 0.189. The maximum absolute atomic E-state index is 11.2. The molecule has 0 aliphatic carbocycles. The molecular formula is C7H10ClNO6P2. The van der Waals surface area contributed by atoms with Crippen molar-refractivity contribution >= 4 is 27.0 Å². The van der Waals surface area contributed by atoms with Crippen LogP contribution in [0, 0.1) is 0 Å². The highest BCUT2D eigenvalue weighted by atomic mass is 35.5. The minimum absolute atomic E-state index is 0.269. The predicted molar refractivity (Wildman–Crippen MR) is 60.7 cm³/mol. The summed E-state index contributed by atoms with van der Waals surface area (Å²) in [4.78, 5) is 21.6. The van der Waals surface area contributed by atoms with E-state index in [4.69, 9.17) is 21.4 Å². The van der Waals surface area contributed by atoms with Gasteiger partial charge in [-0.15, -0.1) is 0 Å². The highest BCUT2D eigenvalue weighted by Gasteiger charge is 2.29. The normalized spacial score (nSPS) is 18.4. The molecule has 2 N–H and O–H groups in total. The summed E-state index contributed by atoms with van der Waals surface area (Å²) < 4.78 is 30.5. The van der Waals surface area contributed by atoms with Crippen LogP contribution in [0.5, 0.6) is 0 Å². The van der Waals surface area contributed by atoms with Crippen LogP contribution in [-0.2, 0) is 24.6 Å². The molecule has 0 aromatic carbocycles. The molecule has 0 aliphatic rings. The number of hydrogen-bond acceptors (Lipinski definition) is 5. The first-order chi connectivity index (χ1) is 7.68. The van der Waals surface area contributed by atoms with E-state index in [1.54, 1.807) is 0 Å². The quantitative estimate of drug-likeness (QED) is 0.634. The summed E-state index contributed by atoms with van der Waals surface area (Å²) in [6.45, 7) is 0.487. The largest absolute Gasteiger partial charge is 0.479 e. The molecule has 0 radical (unpaired) electrons. The Kier molecular flexibility index (Phi) is 4.86. The highest BCUT2D eigenvalue weighted by Crippen LogP contribution is 2.58. The average molecular weight is 302 g/mol. The van der Waals surface area contributed by atoms with E-state index in [0.717, 1.165) is 6.66 Å². The fraction of sp³-hybridized carbons (Fsp3) is 0.286. The van der Waals surface area contributed by atoms with Crippen LogP contribution in [-0.4, -0.2) is 21.4 Å². The molecular weight excluding hydrogens is 291 g/mol. The molecule has 1 aromatic rings. The van der Waals surface area contributed by atoms with E-state index in [1.807, 2.05) is 0 Å². The minimum Gasteiger partial charge on any atom is -0.324 e. The van der Waals surface area contributed by atoms with Gasteiger partial charge in [-0.05, 0) is 11.6 Å². The van der Waals surface area contributed by atoms with Gasteiger partial charge in [0.15, 0.2) is 0 Å². The molecule has 0 fully saturated rings. The number of rotatable bonds is 5. The van der Waals surface area contributed by atoms with Gasteiger partial charge in [-0.1, -0.05) is 17.7 Å². The molecule has 0 spiro atoms. The molecule has 1 rings (SSSR count). The second kappa shape index (κ2) is 5.59. The molecule has 0 amide bonds. The lowest BCUT2D eigenvalue weighted by Gasteiger charge is -2.13. The van der Waals surface area contributed by atoms with Crippen LogP contribution in [0.1, 0.15) is 5.56 Å². The van der Waals surface area contributed by atoms with Crippen LogP contribution in [0.2, 0.25) is 5.15 Å². The number of phosphoric ester groups is 1. The van der Waals surface area contributed by atoms with Crippen molar-refractivity contribution in [1.82, 2.24) is 4.98 Å². The van der Waals surface area contributed by atoms with Gasteiger partial charge < -0.3 is 9.79 Å². The molecule has 2 atom stereocenters. The van der Waals surface area contributed by atoms with Crippen LogP contribution in [0.25, 0.3) is 0 Å². The topological polar surface area (TPSA) is 106 Å². The Balaban J connectivity index is 2.58. The summed E-state index contributed by atoms with van der Waals surface area (Å²) in [5.74, 6) is 0. The third kappa shape index (κ3) is 6.29. The fourth-order valence-corrected chi connectivity index (χ4v) is 3.01. The maximum Gasteiger partial charge on any atom is 0.479 e. The zero-order valence-corrected chi connectivity index (χ0v) is 11.2. The van der Waals surface area contributed by atoms with Gasteiger partial charge in [0.2, 0.25) is 0 Å². The molecule has 17 heavy (non-hydrogen) atoms. The van der Waals surface area contributed by atoms with Gasteiger partial charge >= 0.3 is 15.4 Å². The molecule has 1 aromatic heterocycles. The van der Waals surface area contributed by atoms with E-state index in [9.17, 15) is 9.13 Å². The van der Waals surface area contributed by atoms with E-state index in [-0.39, 0.29) is 11.8 Å². The van der Waals surface area contributed by atoms with Gasteiger partial charge in [0.05, 0.1) is 6.61 Å². The second-order valence-corrected chi connectivity index (χ2v) is 6.96. The Hall–Kier alpha value is -0.260. The summed E-state index contributed by atoms with van der Waals surface area (Å²) >= 11 is 5.54. The number of pyridine rings is 1. The number of hydrogen-bond donors (Lipinski definition) is 2. The Morgan fingerprint density at radius 3 is 2.53 bits per heavy atom. The van der Waals surface area contributed by atoms with Crippen molar-refractivity contribution < 1.29 is 27.8 Å². The molecule has 0 aliphatic heterocycles. The van der Waals surface area contributed by atoms with Crippen LogP contribution in [0.4, 0.5) is 0 Å². The van der Waals surface area contributed by atoms with Crippen molar-refractivity contribution in [2.75, 3.05) is 6.66 Å². The standard InChI is InChI=1S/C7H10ClNO6P2/c1-16(10,11)15-17(12,13)14-5-6-2-3-7(8)9-4-6/h2-4H,5H2,1H3,(H,10,11)(H,12,13). The molecule has 10 heteroatoms. The second-order valence-electron chi connectivity index (χ2n) is 3.12. The summed E-state index contributed by atoms with van der Waals surface area (Å²) in [6.07, 6.45) is 1.34. The fourth-order valence-electron chi connectivity index (χ4n) is 0.863. The van der Waals surface area contributed by atoms with Crippen LogP contribution < -0.4 is 0 Å². The molecule has 96 valence electrons. The lowest BCUT2D eigenvalue weighted by Crippen LogP contribution is -1.95. The van der Waals surface area contributed by atoms with E-state index in [0.29, 0.717) is 5.56 Å². The van der Waals surface area contributed by atoms with Gasteiger partial charge in [0.1, 0.15) is 5.15 Å². The zero-order chi connectivity index (χ0) is 13.1. The van der Waals surface area contributed by atoms with Gasteiger partial charge in [0.25, 0.3) is 0 Å². The summed E-state index contributed by atoms with van der Waals surface area (Å²) in [5, 5.41) is 0.269. The molecule has 0 saturated carbocycles. The number of nitrogens with zero attached hydrogens (tertiary/aromatic N) is 1. The Labute approximate surface area is 103 Å². The number of phosphoric acid groups is 1. The third-order valence-electron chi connectivity index (χ3n) is 1.44. The van der Waals surface area contributed by atoms with Gasteiger partial charge in [-0.2, -0.15) is 0 Å². The van der Waals surface area contributed by atoms with E-state index < -0.39 is 15.4 Å². The number of halogens is 1. The lowest BCUT2D eigenvalue weighted by atomic mass is 10.3. The van der Waals surface area contributed by atoms with Crippen molar-refractivity contribution in [3.63, 3.8) is 0 Å². The summed E-state index contributed by atoms with van der Waals surface area (Å²) in [7, 11) is -8.66. The smallest absolute Gasteiger partial charge is 0.324 e. The monoisotopic (exact) mass is 301 g/mol. The first kappa shape index (κ1) is 14.8. The minimum atomic E-state index is -4.57. The number of aromatic nitrogens is 1. The summed E-state index contributed by atoms with van der Waals surface area (Å²) in [6, 6.07) is 3.00. The van der Waals surface area contributed by atoms with Crippen LogP contribution in [0.3, 0.4) is 0 Å². The summed E-state index contributed by atoms with van der Waals surface area (Å²) in [5.41, 5.74) is 0.469. The van der Waals surface area contributed by atoms with Crippen molar-refractivity contribution in [2.45, 2.75) is 6.61 Å². The Bertz CT molecular complexity index is 472. The van der Waals surface area contributed by atoms with Crippen molar-refractivity contribution in [3.8, 4) is 0 Å². The van der Waals surface area contributed by atoms with Gasteiger partial charge in [-0.3, -0.25) is 9.09 Å². The highest BCUT2D eigenvalue weighted by molar-refractivity contribution is 7.63. The Morgan fingerprint density at radius 2 is 2.06 bits per heavy atom. The zero-order valence-electron chi connectivity index (χ0n) is 8.69. The molecule has 1 heterocycles. The van der Waals surface area contributed by atoms with Crippen molar-refractivity contribution in [1.29, 1.82) is 0 Å². The predicted octanol–water partition coefficient (Wildman–Crippen LogP) is 2.18. The van der Waals surface area contributed by atoms with Crippen LogP contribution in [0.15, 0.2) is 18.3 Å². The van der Waals surface area contributed by atoms with Crippen LogP contribution >= 0.6 is 27.0 Å². The van der Waals surface area contributed by atoms with E-state index >= 15 is 0 Å². The van der Waals surface area contributed by atoms with Crippen molar-refractivity contribution in [2.24, 2.45) is 0 Å². The maximum atomic E-state index is 11.2. The van der Waals surface area contributed by atoms with Gasteiger partial charge in [-0.25, -0.2) is 13.9 Å².